The van der Waals surface area contributed by atoms with E-state index in [9.17, 15) is 0 Å². The normalized spacial score (nSPS) is 16.8. The van der Waals surface area contributed by atoms with E-state index in [1.807, 2.05) is 0 Å². The summed E-state index contributed by atoms with van der Waals surface area (Å²) in [6.45, 7) is 6.65. The standard InChI is InChI=1S/C8H18BrN/c1-4-5-7(2)10-8(3)6-9/h7-8,10H,4-6H2,1-3H3. The molecular formula is C8H18BrN. The quantitative estimate of drug-likeness (QED) is 0.684. The molecule has 0 amide bonds. The molecule has 0 aromatic rings. The van der Waals surface area contributed by atoms with Crippen molar-refractivity contribution in [2.24, 2.45) is 0 Å². The van der Waals surface area contributed by atoms with E-state index in [2.05, 4.69) is 42.0 Å². The van der Waals surface area contributed by atoms with Crippen LogP contribution < -0.4 is 5.32 Å². The fraction of sp³-hybridized carbons (Fsp3) is 1.00. The number of nitrogens with one attached hydrogen (secondary N) is 1. The summed E-state index contributed by atoms with van der Waals surface area (Å²) >= 11 is 3.43. The van der Waals surface area contributed by atoms with Gasteiger partial charge in [0.05, 0.1) is 0 Å². The van der Waals surface area contributed by atoms with Crippen molar-refractivity contribution in [2.75, 3.05) is 5.33 Å². The van der Waals surface area contributed by atoms with Gasteiger partial charge >= 0.3 is 0 Å². The topological polar surface area (TPSA) is 12.0 Å². The lowest BCUT2D eigenvalue weighted by molar-refractivity contribution is 0.467. The second-order valence-corrected chi connectivity index (χ2v) is 3.56. The summed E-state index contributed by atoms with van der Waals surface area (Å²) in [6, 6.07) is 1.26. The van der Waals surface area contributed by atoms with Crippen molar-refractivity contribution < 1.29 is 0 Å². The molecule has 1 N–H and O–H groups in total. The average molecular weight is 208 g/mol. The molecule has 0 spiro atoms. The first kappa shape index (κ1) is 10.4. The minimum atomic E-state index is 0.599. The van der Waals surface area contributed by atoms with Gasteiger partial charge in [-0.2, -0.15) is 0 Å². The Bertz CT molecular complexity index is 75.7. The largest absolute Gasteiger partial charge is 0.311 e. The summed E-state index contributed by atoms with van der Waals surface area (Å²) in [6.07, 6.45) is 2.54. The molecule has 0 saturated heterocycles. The summed E-state index contributed by atoms with van der Waals surface area (Å²) < 4.78 is 0. The molecule has 0 heterocycles. The van der Waals surface area contributed by atoms with Crippen molar-refractivity contribution in [1.29, 1.82) is 0 Å². The van der Waals surface area contributed by atoms with E-state index in [-0.39, 0.29) is 0 Å². The summed E-state index contributed by atoms with van der Waals surface area (Å²) in [7, 11) is 0. The first-order chi connectivity index (χ1) is 4.70. The Kier molecular flexibility index (Phi) is 6.44. The third-order valence-electron chi connectivity index (χ3n) is 1.52. The van der Waals surface area contributed by atoms with Gasteiger partial charge in [-0.25, -0.2) is 0 Å². The Labute approximate surface area is 72.7 Å². The Hall–Kier alpha value is 0.440. The van der Waals surface area contributed by atoms with Crippen molar-refractivity contribution in [1.82, 2.24) is 5.32 Å². The minimum Gasteiger partial charge on any atom is -0.311 e. The lowest BCUT2D eigenvalue weighted by Gasteiger charge is -2.17. The van der Waals surface area contributed by atoms with Gasteiger partial charge in [-0.05, 0) is 20.3 Å². The van der Waals surface area contributed by atoms with Gasteiger partial charge in [0, 0.05) is 17.4 Å². The maximum Gasteiger partial charge on any atom is 0.0183 e. The summed E-state index contributed by atoms with van der Waals surface area (Å²) in [4.78, 5) is 0. The highest BCUT2D eigenvalue weighted by molar-refractivity contribution is 9.09. The van der Waals surface area contributed by atoms with E-state index in [4.69, 9.17) is 0 Å². The van der Waals surface area contributed by atoms with Crippen molar-refractivity contribution in [3.8, 4) is 0 Å². The molecule has 1 nitrogen and oxygen atoms in total. The summed E-state index contributed by atoms with van der Waals surface area (Å²) in [5.41, 5.74) is 0. The molecule has 0 aliphatic heterocycles. The van der Waals surface area contributed by atoms with E-state index in [0.29, 0.717) is 12.1 Å². The third kappa shape index (κ3) is 5.24. The fourth-order valence-corrected chi connectivity index (χ4v) is 1.23. The third-order valence-corrected chi connectivity index (χ3v) is 2.49. The number of hydrogen-bond donors (Lipinski definition) is 1. The predicted octanol–water partition coefficient (Wildman–Crippen LogP) is 2.55. The van der Waals surface area contributed by atoms with Crippen LogP contribution in [0.25, 0.3) is 0 Å². The molecule has 62 valence electrons. The van der Waals surface area contributed by atoms with E-state index in [1.165, 1.54) is 12.8 Å². The molecule has 2 unspecified atom stereocenters. The zero-order chi connectivity index (χ0) is 7.98. The SMILES string of the molecule is CCCC(C)NC(C)CBr. The highest BCUT2D eigenvalue weighted by atomic mass is 79.9. The molecule has 0 aromatic carbocycles. The molecule has 0 bridgehead atoms. The van der Waals surface area contributed by atoms with Crippen molar-refractivity contribution >= 4 is 15.9 Å². The van der Waals surface area contributed by atoms with Crippen LogP contribution in [0.15, 0.2) is 0 Å². The average Bonchev–Trinajstić information content (AvgIpc) is 1.88. The van der Waals surface area contributed by atoms with Gasteiger partial charge in [0.2, 0.25) is 0 Å². The van der Waals surface area contributed by atoms with Crippen LogP contribution in [0.2, 0.25) is 0 Å². The van der Waals surface area contributed by atoms with Crippen LogP contribution in [-0.4, -0.2) is 17.4 Å². The second-order valence-electron chi connectivity index (χ2n) is 2.91. The van der Waals surface area contributed by atoms with Gasteiger partial charge in [0.15, 0.2) is 0 Å². The van der Waals surface area contributed by atoms with Crippen LogP contribution in [0, 0.1) is 0 Å². The maximum atomic E-state index is 3.48. The number of rotatable bonds is 5. The van der Waals surface area contributed by atoms with Gasteiger partial charge in [0.1, 0.15) is 0 Å². The van der Waals surface area contributed by atoms with Crippen LogP contribution in [0.3, 0.4) is 0 Å². The zero-order valence-corrected chi connectivity index (χ0v) is 8.74. The highest BCUT2D eigenvalue weighted by Crippen LogP contribution is 1.98. The molecule has 0 aliphatic carbocycles. The van der Waals surface area contributed by atoms with Crippen molar-refractivity contribution in [3.05, 3.63) is 0 Å². The van der Waals surface area contributed by atoms with Gasteiger partial charge in [-0.15, -0.1) is 0 Å². The molecular weight excluding hydrogens is 190 g/mol. The Morgan fingerprint density at radius 2 is 1.90 bits per heavy atom. The maximum absolute atomic E-state index is 3.48. The number of halogens is 1. The Balaban J connectivity index is 3.27. The first-order valence-electron chi connectivity index (χ1n) is 4.02. The van der Waals surface area contributed by atoms with Crippen LogP contribution >= 0.6 is 15.9 Å². The highest BCUT2D eigenvalue weighted by Gasteiger charge is 2.03. The molecule has 0 aromatic heterocycles. The summed E-state index contributed by atoms with van der Waals surface area (Å²) in [5.74, 6) is 0. The smallest absolute Gasteiger partial charge is 0.0183 e. The van der Waals surface area contributed by atoms with Crippen LogP contribution in [0.5, 0.6) is 0 Å². The van der Waals surface area contributed by atoms with E-state index in [0.717, 1.165) is 5.33 Å². The number of alkyl halides is 1. The Morgan fingerprint density at radius 1 is 1.30 bits per heavy atom. The van der Waals surface area contributed by atoms with Crippen LogP contribution in [-0.2, 0) is 0 Å². The monoisotopic (exact) mass is 207 g/mol. The lowest BCUT2D eigenvalue weighted by Crippen LogP contribution is -2.35. The zero-order valence-electron chi connectivity index (χ0n) is 7.15. The predicted molar refractivity (Wildman–Crippen MR) is 50.8 cm³/mol. The molecule has 2 heteroatoms. The molecule has 2 atom stereocenters. The van der Waals surface area contributed by atoms with Crippen LogP contribution in [0.1, 0.15) is 33.6 Å². The van der Waals surface area contributed by atoms with E-state index >= 15 is 0 Å². The Morgan fingerprint density at radius 3 is 2.30 bits per heavy atom. The van der Waals surface area contributed by atoms with Gasteiger partial charge < -0.3 is 5.32 Å². The van der Waals surface area contributed by atoms with Crippen molar-refractivity contribution in [2.45, 2.75) is 45.7 Å². The van der Waals surface area contributed by atoms with E-state index in [1.54, 1.807) is 0 Å². The molecule has 0 aliphatic rings. The molecule has 0 rings (SSSR count). The minimum absolute atomic E-state index is 0.599. The first-order valence-corrected chi connectivity index (χ1v) is 5.14. The van der Waals surface area contributed by atoms with Gasteiger partial charge in [-0.1, -0.05) is 29.3 Å². The fourth-order valence-electron chi connectivity index (χ4n) is 1.05. The lowest BCUT2D eigenvalue weighted by atomic mass is 10.2. The van der Waals surface area contributed by atoms with Gasteiger partial charge in [-0.3, -0.25) is 0 Å². The molecule has 0 radical (unpaired) electrons. The van der Waals surface area contributed by atoms with Gasteiger partial charge in [0.25, 0.3) is 0 Å². The van der Waals surface area contributed by atoms with Crippen LogP contribution in [0.4, 0.5) is 0 Å². The molecule has 0 saturated carbocycles. The second kappa shape index (κ2) is 6.17. The summed E-state index contributed by atoms with van der Waals surface area (Å²) in [5, 5.41) is 4.53. The molecule has 0 fully saturated rings. The van der Waals surface area contributed by atoms with E-state index < -0.39 is 0 Å². The van der Waals surface area contributed by atoms with Crippen molar-refractivity contribution in [3.63, 3.8) is 0 Å². The number of hydrogen-bond acceptors (Lipinski definition) is 1. The molecule has 10 heavy (non-hydrogen) atoms.